The van der Waals surface area contributed by atoms with Crippen LogP contribution in [0.4, 0.5) is 0 Å². The number of benzene rings is 1. The zero-order valence-corrected chi connectivity index (χ0v) is 13.7. The molecule has 0 fully saturated rings. The summed E-state index contributed by atoms with van der Waals surface area (Å²) in [5.74, 6) is -3.20. The van der Waals surface area contributed by atoms with Gasteiger partial charge in [0.25, 0.3) is 0 Å². The summed E-state index contributed by atoms with van der Waals surface area (Å²) in [6, 6.07) is 7.13. The van der Waals surface area contributed by atoms with Gasteiger partial charge in [-0.3, -0.25) is 0 Å². The Labute approximate surface area is 143 Å². The van der Waals surface area contributed by atoms with E-state index in [4.69, 9.17) is 0 Å². The molecule has 1 aromatic heterocycles. The first-order valence-corrected chi connectivity index (χ1v) is 7.64. The number of aliphatic carboxylic acids is 2. The van der Waals surface area contributed by atoms with Crippen LogP contribution in [0.5, 0.6) is 0 Å². The van der Waals surface area contributed by atoms with Crippen molar-refractivity contribution >= 4 is 11.9 Å². The molecule has 1 aromatic carbocycles. The van der Waals surface area contributed by atoms with Gasteiger partial charge in [-0.15, -0.1) is 0 Å². The summed E-state index contributed by atoms with van der Waals surface area (Å²) in [7, 11) is 0. The van der Waals surface area contributed by atoms with Crippen LogP contribution in [0.15, 0.2) is 65.5 Å². The van der Waals surface area contributed by atoms with E-state index in [1.807, 2.05) is 12.1 Å². The van der Waals surface area contributed by atoms with Gasteiger partial charge in [0, 0.05) is 23.8 Å². The van der Waals surface area contributed by atoms with Crippen molar-refractivity contribution in [3.63, 3.8) is 0 Å². The summed E-state index contributed by atoms with van der Waals surface area (Å²) in [4.78, 5) is 27.8. The highest BCUT2D eigenvalue weighted by Crippen LogP contribution is 2.40. The third-order valence-electron chi connectivity index (χ3n) is 4.25. The minimum absolute atomic E-state index is 0.0237. The van der Waals surface area contributed by atoms with Gasteiger partial charge in [-0.25, -0.2) is 14.6 Å². The minimum Gasteiger partial charge on any atom is -0.478 e. The van der Waals surface area contributed by atoms with Gasteiger partial charge in [0.2, 0.25) is 0 Å². The number of carboxylic acids is 2. The number of carbonyl (C=O) groups is 2. The van der Waals surface area contributed by atoms with Crippen molar-refractivity contribution in [2.45, 2.75) is 19.8 Å². The van der Waals surface area contributed by atoms with Gasteiger partial charge in [0.1, 0.15) is 0 Å². The number of dihydropyridines is 1. The number of hydrogen-bond donors (Lipinski definition) is 3. The van der Waals surface area contributed by atoms with E-state index in [0.717, 1.165) is 0 Å². The summed E-state index contributed by atoms with van der Waals surface area (Å²) in [5.41, 5.74) is 2.19. The molecule has 25 heavy (non-hydrogen) atoms. The van der Waals surface area contributed by atoms with Crippen LogP contribution in [0.3, 0.4) is 0 Å². The molecule has 1 aliphatic rings. The molecule has 0 atom stereocenters. The van der Waals surface area contributed by atoms with Crippen molar-refractivity contribution in [1.29, 1.82) is 0 Å². The van der Waals surface area contributed by atoms with E-state index in [2.05, 4.69) is 10.3 Å². The molecule has 3 rings (SSSR count). The summed E-state index contributed by atoms with van der Waals surface area (Å²) < 4.78 is 1.74. The second kappa shape index (κ2) is 6.27. The number of carboxylic acid groups (broad SMARTS) is 2. The van der Waals surface area contributed by atoms with Crippen molar-refractivity contribution in [2.75, 3.05) is 0 Å². The van der Waals surface area contributed by atoms with Gasteiger partial charge in [-0.1, -0.05) is 18.2 Å². The Morgan fingerprint density at radius 1 is 1.08 bits per heavy atom. The number of allylic oxidation sites excluding steroid dienone is 2. The number of hydrogen-bond acceptors (Lipinski definition) is 4. The Bertz CT molecular complexity index is 874. The molecule has 2 heterocycles. The molecule has 0 spiro atoms. The number of nitrogens with zero attached hydrogens (tertiary/aromatic N) is 2. The largest absolute Gasteiger partial charge is 0.478 e. The van der Waals surface area contributed by atoms with E-state index in [1.54, 1.807) is 49.3 Å². The van der Waals surface area contributed by atoms with E-state index in [1.165, 1.54) is 0 Å². The molecular formula is C18H17N3O4. The average molecular weight is 339 g/mol. The van der Waals surface area contributed by atoms with Crippen LogP contribution in [0.1, 0.15) is 25.3 Å². The Balaban J connectivity index is 2.30. The van der Waals surface area contributed by atoms with Crippen LogP contribution in [0.2, 0.25) is 0 Å². The quantitative estimate of drug-likeness (QED) is 0.789. The first-order valence-electron chi connectivity index (χ1n) is 7.64. The highest BCUT2D eigenvalue weighted by atomic mass is 16.4. The monoisotopic (exact) mass is 339 g/mol. The number of nitrogens with one attached hydrogen (secondary N) is 1. The van der Waals surface area contributed by atoms with Crippen LogP contribution >= 0.6 is 0 Å². The maximum atomic E-state index is 11.9. The Morgan fingerprint density at radius 2 is 1.68 bits per heavy atom. The first-order chi connectivity index (χ1) is 11.9. The number of rotatable bonds is 4. The Hall–Kier alpha value is -3.35. The highest BCUT2D eigenvalue weighted by molar-refractivity contribution is 5.98. The lowest BCUT2D eigenvalue weighted by atomic mass is 9.79. The maximum Gasteiger partial charge on any atom is 0.334 e. The molecule has 2 aromatic rings. The van der Waals surface area contributed by atoms with Crippen molar-refractivity contribution < 1.29 is 19.8 Å². The van der Waals surface area contributed by atoms with Crippen LogP contribution < -0.4 is 5.32 Å². The molecule has 0 unspecified atom stereocenters. The van der Waals surface area contributed by atoms with Gasteiger partial charge >= 0.3 is 11.9 Å². The number of imidazole rings is 1. The van der Waals surface area contributed by atoms with Crippen molar-refractivity contribution in [3.8, 4) is 5.69 Å². The number of para-hydroxylation sites is 1. The lowest BCUT2D eigenvalue weighted by molar-refractivity contribution is -0.133. The third-order valence-corrected chi connectivity index (χ3v) is 4.25. The van der Waals surface area contributed by atoms with Crippen LogP contribution in [0.25, 0.3) is 5.69 Å². The lowest BCUT2D eigenvalue weighted by Crippen LogP contribution is -2.31. The molecule has 7 nitrogen and oxygen atoms in total. The lowest BCUT2D eigenvalue weighted by Gasteiger charge is -2.30. The molecule has 0 amide bonds. The van der Waals surface area contributed by atoms with Crippen LogP contribution in [-0.4, -0.2) is 31.7 Å². The molecule has 0 aliphatic carbocycles. The first kappa shape index (κ1) is 16.5. The molecule has 1 aliphatic heterocycles. The van der Waals surface area contributed by atoms with Crippen molar-refractivity contribution in [2.24, 2.45) is 0 Å². The van der Waals surface area contributed by atoms with E-state index in [9.17, 15) is 19.8 Å². The van der Waals surface area contributed by atoms with Gasteiger partial charge in [-0.2, -0.15) is 0 Å². The van der Waals surface area contributed by atoms with Crippen molar-refractivity contribution in [3.05, 3.63) is 71.1 Å². The summed E-state index contributed by atoms with van der Waals surface area (Å²) >= 11 is 0. The second-order valence-corrected chi connectivity index (χ2v) is 5.77. The van der Waals surface area contributed by atoms with Crippen LogP contribution in [0, 0.1) is 0 Å². The van der Waals surface area contributed by atoms with Gasteiger partial charge in [0.15, 0.2) is 0 Å². The molecule has 0 radical (unpaired) electrons. The average Bonchev–Trinajstić information content (AvgIpc) is 3.07. The van der Waals surface area contributed by atoms with E-state index in [-0.39, 0.29) is 11.1 Å². The fourth-order valence-corrected chi connectivity index (χ4v) is 3.24. The maximum absolute atomic E-state index is 11.9. The molecule has 128 valence electrons. The highest BCUT2D eigenvalue weighted by Gasteiger charge is 2.37. The van der Waals surface area contributed by atoms with E-state index < -0.39 is 17.9 Å². The molecule has 3 N–H and O–H groups in total. The fourth-order valence-electron chi connectivity index (χ4n) is 3.24. The van der Waals surface area contributed by atoms with E-state index in [0.29, 0.717) is 22.6 Å². The topological polar surface area (TPSA) is 104 Å². The predicted octanol–water partition coefficient (Wildman–Crippen LogP) is 2.28. The summed E-state index contributed by atoms with van der Waals surface area (Å²) in [6.45, 7) is 3.27. The second-order valence-electron chi connectivity index (χ2n) is 5.77. The predicted molar refractivity (Wildman–Crippen MR) is 90.1 cm³/mol. The summed E-state index contributed by atoms with van der Waals surface area (Å²) in [6.07, 6.45) is 4.93. The zero-order valence-electron chi connectivity index (χ0n) is 13.7. The standard InChI is InChI=1S/C18H17N3O4/c1-10-14(17(22)23)16(15(18(24)25)11(2)20-10)12-5-3-4-6-13(12)21-8-7-19-9-21/h3-9,16,20H,1-2H3,(H,22,23)(H,24,25). The smallest absolute Gasteiger partial charge is 0.334 e. The van der Waals surface area contributed by atoms with E-state index >= 15 is 0 Å². The number of aromatic nitrogens is 2. The third kappa shape index (κ3) is 2.80. The SMILES string of the molecule is CC1=C(C(=O)O)C(c2ccccc2-n2ccnc2)C(C(=O)O)=C(C)N1. The Morgan fingerprint density at radius 3 is 2.20 bits per heavy atom. The van der Waals surface area contributed by atoms with Gasteiger partial charge < -0.3 is 20.1 Å². The molecule has 7 heteroatoms. The van der Waals surface area contributed by atoms with Crippen LogP contribution in [-0.2, 0) is 9.59 Å². The molecular weight excluding hydrogens is 322 g/mol. The fraction of sp³-hybridized carbons (Fsp3) is 0.167. The normalized spacial score (nSPS) is 15.3. The summed E-state index contributed by atoms with van der Waals surface area (Å²) in [5, 5.41) is 22.3. The van der Waals surface area contributed by atoms with Gasteiger partial charge in [-0.05, 0) is 25.5 Å². The molecule has 0 bridgehead atoms. The zero-order chi connectivity index (χ0) is 18.1. The van der Waals surface area contributed by atoms with Gasteiger partial charge in [0.05, 0.1) is 29.1 Å². The minimum atomic E-state index is -1.15. The van der Waals surface area contributed by atoms with Crippen molar-refractivity contribution in [1.82, 2.24) is 14.9 Å². The Kier molecular flexibility index (Phi) is 4.14. The molecule has 0 saturated heterocycles. The molecule has 0 saturated carbocycles.